The number of phosphoric ester groups is 1. The molecule has 2 aromatic rings. The first-order valence-electron chi connectivity index (χ1n) is 10.6. The first-order valence-corrected chi connectivity index (χ1v) is 13.2. The molecule has 0 bridgehead atoms. The first kappa shape index (κ1) is 37.0. The van der Waals surface area contributed by atoms with Gasteiger partial charge in [0.15, 0.2) is 0 Å². The molecule has 1 atom stereocenters. The van der Waals surface area contributed by atoms with Gasteiger partial charge in [-0.05, 0) is 25.7 Å². The number of amides is 1. The number of carbonyl (C=O) groups is 1. The van der Waals surface area contributed by atoms with Crippen molar-refractivity contribution >= 4 is 60.2 Å². The van der Waals surface area contributed by atoms with Crippen LogP contribution in [-0.2, 0) is 13.8 Å². The van der Waals surface area contributed by atoms with Gasteiger partial charge in [-0.3, -0.25) is 4.79 Å². The van der Waals surface area contributed by atoms with Crippen molar-refractivity contribution in [3.05, 3.63) is 43.9 Å². The Morgan fingerprint density at radius 1 is 1.21 bits per heavy atom. The van der Waals surface area contributed by atoms with Crippen LogP contribution in [0.25, 0.3) is 0 Å². The number of benzene rings is 1. The number of ether oxygens (including phenoxy) is 2. The second kappa shape index (κ2) is 16.0. The number of nitrogens with zero attached hydrogens (tertiary/aromatic N) is 3. The Hall–Kier alpha value is 0.0100. The predicted molar refractivity (Wildman–Crippen MR) is 126 cm³/mol. The number of alkyl halides is 2. The van der Waals surface area contributed by atoms with Gasteiger partial charge in [-0.15, -0.1) is 0 Å². The SMILES string of the molecule is C[C@@H](C1CC1)n1cc(Cl)nc(N(C(=O)OCCCOP(=O)([O-])[O-])c2c(Cl)cc(OC(F)F)cc2Cl)c1=O.[Na+].[Na+]. The summed E-state index contributed by atoms with van der Waals surface area (Å²) in [6.07, 6.45) is 1.64. The first-order chi connectivity index (χ1) is 17.3. The maximum Gasteiger partial charge on any atom is 1.00 e. The van der Waals surface area contributed by atoms with E-state index in [0.717, 1.165) is 25.0 Å². The van der Waals surface area contributed by atoms with E-state index >= 15 is 0 Å². The zero-order chi connectivity index (χ0) is 27.5. The molecule has 1 aromatic carbocycles. The van der Waals surface area contributed by atoms with E-state index in [1.54, 1.807) is 6.92 Å². The molecule has 0 saturated heterocycles. The summed E-state index contributed by atoms with van der Waals surface area (Å²) in [5, 5.41) is -0.894. The van der Waals surface area contributed by atoms with Crippen LogP contribution in [0.2, 0.25) is 15.2 Å². The molecule has 0 N–H and O–H groups in total. The number of aromatic nitrogens is 2. The van der Waals surface area contributed by atoms with Crippen molar-refractivity contribution < 1.29 is 101 Å². The number of phosphoric acid groups is 1. The van der Waals surface area contributed by atoms with Crippen molar-refractivity contribution in [1.29, 1.82) is 0 Å². The second-order valence-corrected chi connectivity index (χ2v) is 10.2. The number of carbonyl (C=O) groups excluding carboxylic acids is 1. The van der Waals surface area contributed by atoms with E-state index in [1.807, 2.05) is 0 Å². The molecule has 204 valence electrons. The summed E-state index contributed by atoms with van der Waals surface area (Å²) in [7, 11) is -5.22. The quantitative estimate of drug-likeness (QED) is 0.158. The van der Waals surface area contributed by atoms with Crippen molar-refractivity contribution in [2.45, 2.75) is 38.8 Å². The Kier molecular flexibility index (Phi) is 15.2. The monoisotopic (exact) mass is 649 g/mol. The maximum absolute atomic E-state index is 13.4. The fraction of sp³-hybridized carbons (Fsp3) is 0.450. The smallest absolute Gasteiger partial charge is 0.790 e. The van der Waals surface area contributed by atoms with E-state index in [1.165, 1.54) is 10.8 Å². The maximum atomic E-state index is 13.4. The number of rotatable bonds is 11. The third-order valence-electron chi connectivity index (χ3n) is 5.22. The van der Waals surface area contributed by atoms with Gasteiger partial charge in [-0.1, -0.05) is 34.8 Å². The van der Waals surface area contributed by atoms with E-state index in [9.17, 15) is 32.7 Å². The van der Waals surface area contributed by atoms with E-state index in [2.05, 4.69) is 14.2 Å². The molecule has 1 aliphatic carbocycles. The molecule has 0 radical (unpaired) electrons. The van der Waals surface area contributed by atoms with Gasteiger partial charge in [0.1, 0.15) is 10.9 Å². The van der Waals surface area contributed by atoms with Gasteiger partial charge in [0.2, 0.25) is 5.82 Å². The van der Waals surface area contributed by atoms with Crippen LogP contribution in [0.5, 0.6) is 5.75 Å². The normalized spacial score (nSPS) is 13.8. The third-order valence-corrected chi connectivity index (χ3v) is 6.48. The Bertz CT molecular complexity index is 1250. The molecule has 1 aliphatic rings. The Labute approximate surface area is 280 Å². The Balaban J connectivity index is 0.00000380. The standard InChI is InChI=1S/C20H21Cl3F2N3O8P.2Na/c1-10(11-3-4-11)27-9-15(23)26-17(18(27)29)28(20(30)34-5-2-6-35-37(31,32)33)16-13(21)7-12(8-14(16)22)36-19(24)25;;/h7-11,19H,2-6H2,1H3,(H2,31,32,33);;/q;2*+1/p-2/t10-;;/m0../s1. The van der Waals surface area contributed by atoms with Crippen molar-refractivity contribution in [3.8, 4) is 5.75 Å². The van der Waals surface area contributed by atoms with E-state index in [0.29, 0.717) is 4.90 Å². The van der Waals surface area contributed by atoms with Crippen molar-refractivity contribution in [2.75, 3.05) is 18.1 Å². The summed E-state index contributed by atoms with van der Waals surface area (Å²) < 4.78 is 50.7. The summed E-state index contributed by atoms with van der Waals surface area (Å²) in [4.78, 5) is 52.3. The minimum atomic E-state index is -5.22. The van der Waals surface area contributed by atoms with Crippen molar-refractivity contribution in [2.24, 2.45) is 5.92 Å². The molecule has 0 aliphatic heterocycles. The number of hydrogen-bond acceptors (Lipinski definition) is 9. The summed E-state index contributed by atoms with van der Waals surface area (Å²) >= 11 is 18.7. The zero-order valence-electron chi connectivity index (χ0n) is 20.9. The molecule has 1 heterocycles. The molecule has 39 heavy (non-hydrogen) atoms. The Morgan fingerprint density at radius 2 is 1.79 bits per heavy atom. The van der Waals surface area contributed by atoms with Crippen molar-refractivity contribution in [3.63, 3.8) is 0 Å². The molecule has 11 nitrogen and oxygen atoms in total. The molecule has 1 saturated carbocycles. The van der Waals surface area contributed by atoms with Gasteiger partial charge < -0.3 is 32.9 Å². The van der Waals surface area contributed by atoms with Crippen molar-refractivity contribution in [1.82, 2.24) is 9.55 Å². The topological polar surface area (TPSA) is 146 Å². The molecule has 3 rings (SSSR count). The minimum absolute atomic E-state index is 0. The largest absolute Gasteiger partial charge is 1.00 e. The third kappa shape index (κ3) is 10.7. The summed E-state index contributed by atoms with van der Waals surface area (Å²) in [6, 6.07) is 1.60. The van der Waals surface area contributed by atoms with Gasteiger partial charge in [-0.2, -0.15) is 8.78 Å². The number of halogens is 5. The predicted octanol–water partition coefficient (Wildman–Crippen LogP) is -1.71. The van der Waals surface area contributed by atoms with Gasteiger partial charge >= 0.3 is 71.8 Å². The van der Waals surface area contributed by atoms with Crippen LogP contribution in [0.4, 0.5) is 25.1 Å². The minimum Gasteiger partial charge on any atom is -0.790 e. The molecule has 1 amide bonds. The van der Waals surface area contributed by atoms with Crippen LogP contribution in [0.15, 0.2) is 23.1 Å². The molecule has 1 fully saturated rings. The van der Waals surface area contributed by atoms with Gasteiger partial charge in [0.25, 0.3) is 5.56 Å². The number of hydrogen-bond donors (Lipinski definition) is 0. The van der Waals surface area contributed by atoms with Gasteiger partial charge in [0, 0.05) is 30.8 Å². The number of anilines is 2. The molecule has 19 heteroatoms. The molecular formula is C20H19Cl3F2N3Na2O8P. The van der Waals surface area contributed by atoms with Crippen LogP contribution < -0.4 is 84.1 Å². The van der Waals surface area contributed by atoms with E-state index in [-0.39, 0.29) is 98.4 Å². The fourth-order valence-electron chi connectivity index (χ4n) is 3.39. The van der Waals surface area contributed by atoms with Crippen LogP contribution in [0.1, 0.15) is 32.2 Å². The molecule has 1 aromatic heterocycles. The summed E-state index contributed by atoms with van der Waals surface area (Å²) in [6.45, 7) is -2.42. The van der Waals surface area contributed by atoms with Gasteiger partial charge in [-0.25, -0.2) is 14.7 Å². The average Bonchev–Trinajstić information content (AvgIpc) is 3.61. The zero-order valence-corrected chi connectivity index (χ0v) is 28.1. The van der Waals surface area contributed by atoms with Crippen LogP contribution >= 0.6 is 42.6 Å². The van der Waals surface area contributed by atoms with Crippen LogP contribution in [-0.4, -0.2) is 35.5 Å². The average molecular weight is 651 g/mol. The fourth-order valence-corrected chi connectivity index (χ4v) is 4.56. The van der Waals surface area contributed by atoms with Crippen LogP contribution in [0, 0.1) is 5.92 Å². The van der Waals surface area contributed by atoms with E-state index in [4.69, 9.17) is 39.5 Å². The van der Waals surface area contributed by atoms with Gasteiger partial charge in [0.05, 0.1) is 36.8 Å². The Morgan fingerprint density at radius 3 is 2.31 bits per heavy atom. The molecule has 0 spiro atoms. The van der Waals surface area contributed by atoms with E-state index < -0.39 is 50.9 Å². The van der Waals surface area contributed by atoms with Crippen LogP contribution in [0.3, 0.4) is 0 Å². The summed E-state index contributed by atoms with van der Waals surface area (Å²) in [5.74, 6) is -0.755. The second-order valence-electron chi connectivity index (χ2n) is 7.88. The molecular weight excluding hydrogens is 632 g/mol. The summed E-state index contributed by atoms with van der Waals surface area (Å²) in [5.41, 5.74) is -1.09. The molecule has 0 unspecified atom stereocenters.